The molecule has 0 radical (unpaired) electrons. The van der Waals surface area contributed by atoms with Gasteiger partial charge in [0.25, 0.3) is 0 Å². The molecule has 2 aromatic carbocycles. The third-order valence-electron chi connectivity index (χ3n) is 2.95. The predicted molar refractivity (Wildman–Crippen MR) is 82.4 cm³/mol. The van der Waals surface area contributed by atoms with Crippen molar-refractivity contribution in [3.8, 4) is 5.75 Å². The second kappa shape index (κ2) is 6.73. The van der Waals surface area contributed by atoms with Crippen LogP contribution in [0.1, 0.15) is 24.1 Å². The Labute approximate surface area is 122 Å². The zero-order valence-corrected chi connectivity index (χ0v) is 12.6. The van der Waals surface area contributed by atoms with Gasteiger partial charge in [0.2, 0.25) is 0 Å². The number of nitrogens with two attached hydrogens (primary N) is 1. The fraction of sp³-hybridized carbons (Fsp3) is 0.250. The van der Waals surface area contributed by atoms with E-state index in [1.165, 1.54) is 5.56 Å². The smallest absolute Gasteiger partial charge is 0.124 e. The van der Waals surface area contributed by atoms with Crippen molar-refractivity contribution in [2.75, 3.05) is 6.61 Å². The molecule has 0 heterocycles. The standard InChI is InChI=1S/C16H18BrNO/c1-12(18)15-11-14(17)7-8-16(15)19-10-9-13-5-3-2-4-6-13/h2-8,11-12H,9-10,18H2,1H3/t12-/m1/s1. The Bertz CT molecular complexity index is 526. The van der Waals surface area contributed by atoms with E-state index in [1.54, 1.807) is 0 Å². The number of hydrogen-bond acceptors (Lipinski definition) is 2. The van der Waals surface area contributed by atoms with Crippen LogP contribution in [0.25, 0.3) is 0 Å². The molecule has 2 aromatic rings. The number of hydrogen-bond donors (Lipinski definition) is 1. The van der Waals surface area contributed by atoms with Crippen LogP contribution in [0, 0.1) is 0 Å². The molecule has 0 amide bonds. The summed E-state index contributed by atoms with van der Waals surface area (Å²) in [4.78, 5) is 0. The van der Waals surface area contributed by atoms with Crippen LogP contribution in [-0.2, 0) is 6.42 Å². The largest absolute Gasteiger partial charge is 0.493 e. The first kappa shape index (κ1) is 14.1. The molecule has 2 N–H and O–H groups in total. The van der Waals surface area contributed by atoms with E-state index in [0.29, 0.717) is 6.61 Å². The third-order valence-corrected chi connectivity index (χ3v) is 3.45. The molecule has 0 aliphatic heterocycles. The van der Waals surface area contributed by atoms with Gasteiger partial charge in [0.15, 0.2) is 0 Å². The van der Waals surface area contributed by atoms with Gasteiger partial charge in [0, 0.05) is 22.5 Å². The molecule has 3 heteroatoms. The number of benzene rings is 2. The van der Waals surface area contributed by atoms with Crippen molar-refractivity contribution in [2.45, 2.75) is 19.4 Å². The van der Waals surface area contributed by atoms with E-state index in [2.05, 4.69) is 28.1 Å². The molecule has 0 fully saturated rings. The fourth-order valence-corrected chi connectivity index (χ4v) is 2.31. The van der Waals surface area contributed by atoms with Gasteiger partial charge in [-0.15, -0.1) is 0 Å². The highest BCUT2D eigenvalue weighted by molar-refractivity contribution is 9.10. The van der Waals surface area contributed by atoms with Crippen molar-refractivity contribution < 1.29 is 4.74 Å². The van der Waals surface area contributed by atoms with Crippen LogP contribution in [0.2, 0.25) is 0 Å². The van der Waals surface area contributed by atoms with E-state index in [1.807, 2.05) is 43.3 Å². The van der Waals surface area contributed by atoms with Crippen molar-refractivity contribution in [2.24, 2.45) is 5.73 Å². The lowest BCUT2D eigenvalue weighted by Crippen LogP contribution is -2.09. The van der Waals surface area contributed by atoms with Gasteiger partial charge >= 0.3 is 0 Å². The molecule has 0 spiro atoms. The molecule has 0 saturated heterocycles. The first-order valence-corrected chi connectivity index (χ1v) is 7.18. The van der Waals surface area contributed by atoms with Crippen LogP contribution in [0.4, 0.5) is 0 Å². The lowest BCUT2D eigenvalue weighted by atomic mass is 10.1. The van der Waals surface area contributed by atoms with Gasteiger partial charge in [0.05, 0.1) is 6.61 Å². The number of halogens is 1. The Morgan fingerprint density at radius 1 is 1.16 bits per heavy atom. The maximum atomic E-state index is 5.97. The summed E-state index contributed by atoms with van der Waals surface area (Å²) in [5, 5.41) is 0. The molecule has 0 saturated carbocycles. The highest BCUT2D eigenvalue weighted by Gasteiger charge is 2.08. The summed E-state index contributed by atoms with van der Waals surface area (Å²) in [6, 6.07) is 16.2. The first-order chi connectivity index (χ1) is 9.16. The van der Waals surface area contributed by atoms with Crippen molar-refractivity contribution in [3.05, 3.63) is 64.1 Å². The molecular formula is C16H18BrNO. The Balaban J connectivity index is 2.00. The number of rotatable bonds is 5. The molecule has 0 aliphatic rings. The molecule has 0 aromatic heterocycles. The Kier molecular flexibility index (Phi) is 5.00. The summed E-state index contributed by atoms with van der Waals surface area (Å²) in [6.45, 7) is 2.62. The quantitative estimate of drug-likeness (QED) is 0.900. The molecule has 2 rings (SSSR count). The summed E-state index contributed by atoms with van der Waals surface area (Å²) in [6.07, 6.45) is 0.898. The van der Waals surface area contributed by atoms with Gasteiger partial charge in [0.1, 0.15) is 5.75 Å². The van der Waals surface area contributed by atoms with Crippen LogP contribution in [0.15, 0.2) is 53.0 Å². The summed E-state index contributed by atoms with van der Waals surface area (Å²) >= 11 is 3.46. The maximum absolute atomic E-state index is 5.97. The van der Waals surface area contributed by atoms with Crippen LogP contribution >= 0.6 is 15.9 Å². The third kappa shape index (κ3) is 4.08. The predicted octanol–water partition coefficient (Wildman–Crippen LogP) is 4.09. The minimum atomic E-state index is -0.0378. The highest BCUT2D eigenvalue weighted by atomic mass is 79.9. The van der Waals surface area contributed by atoms with E-state index in [0.717, 1.165) is 22.2 Å². The van der Waals surface area contributed by atoms with E-state index >= 15 is 0 Å². The lowest BCUT2D eigenvalue weighted by molar-refractivity contribution is 0.317. The van der Waals surface area contributed by atoms with Gasteiger partial charge in [-0.3, -0.25) is 0 Å². The SMILES string of the molecule is C[C@@H](N)c1cc(Br)ccc1OCCc1ccccc1. The van der Waals surface area contributed by atoms with E-state index in [4.69, 9.17) is 10.5 Å². The molecule has 0 bridgehead atoms. The van der Waals surface area contributed by atoms with Crippen molar-refractivity contribution >= 4 is 15.9 Å². The van der Waals surface area contributed by atoms with Crippen LogP contribution in [-0.4, -0.2) is 6.61 Å². The Morgan fingerprint density at radius 2 is 1.89 bits per heavy atom. The van der Waals surface area contributed by atoms with Gasteiger partial charge in [-0.25, -0.2) is 0 Å². The van der Waals surface area contributed by atoms with Crippen LogP contribution in [0.3, 0.4) is 0 Å². The summed E-state index contributed by atoms with van der Waals surface area (Å²) < 4.78 is 6.88. The molecular weight excluding hydrogens is 302 g/mol. The normalized spacial score (nSPS) is 12.2. The monoisotopic (exact) mass is 319 g/mol. The minimum absolute atomic E-state index is 0.0378. The fourth-order valence-electron chi connectivity index (χ4n) is 1.93. The van der Waals surface area contributed by atoms with Crippen LogP contribution < -0.4 is 10.5 Å². The topological polar surface area (TPSA) is 35.2 Å². The molecule has 19 heavy (non-hydrogen) atoms. The number of ether oxygens (including phenoxy) is 1. The van der Waals surface area contributed by atoms with Crippen LogP contribution in [0.5, 0.6) is 5.75 Å². The van der Waals surface area contributed by atoms with Gasteiger partial charge in [-0.1, -0.05) is 46.3 Å². The first-order valence-electron chi connectivity index (χ1n) is 6.38. The zero-order chi connectivity index (χ0) is 13.7. The van der Waals surface area contributed by atoms with E-state index < -0.39 is 0 Å². The van der Waals surface area contributed by atoms with Gasteiger partial charge in [-0.05, 0) is 30.7 Å². The van der Waals surface area contributed by atoms with Gasteiger partial charge in [-0.2, -0.15) is 0 Å². The second-order valence-corrected chi connectivity index (χ2v) is 5.47. The molecule has 100 valence electrons. The average molecular weight is 320 g/mol. The van der Waals surface area contributed by atoms with Crippen molar-refractivity contribution in [3.63, 3.8) is 0 Å². The summed E-state index contributed by atoms with van der Waals surface area (Å²) in [5.74, 6) is 0.870. The molecule has 2 nitrogen and oxygen atoms in total. The summed E-state index contributed by atoms with van der Waals surface area (Å²) in [5.41, 5.74) is 8.28. The lowest BCUT2D eigenvalue weighted by Gasteiger charge is -2.14. The Morgan fingerprint density at radius 3 is 2.58 bits per heavy atom. The maximum Gasteiger partial charge on any atom is 0.124 e. The minimum Gasteiger partial charge on any atom is -0.493 e. The molecule has 0 unspecified atom stereocenters. The summed E-state index contributed by atoms with van der Waals surface area (Å²) in [7, 11) is 0. The zero-order valence-electron chi connectivity index (χ0n) is 11.0. The molecule has 1 atom stereocenters. The van der Waals surface area contributed by atoms with Gasteiger partial charge < -0.3 is 10.5 Å². The second-order valence-electron chi connectivity index (χ2n) is 4.55. The van der Waals surface area contributed by atoms with E-state index in [-0.39, 0.29) is 6.04 Å². The van der Waals surface area contributed by atoms with E-state index in [9.17, 15) is 0 Å². The van der Waals surface area contributed by atoms with Crippen molar-refractivity contribution in [1.82, 2.24) is 0 Å². The average Bonchev–Trinajstić information content (AvgIpc) is 2.41. The molecule has 0 aliphatic carbocycles. The van der Waals surface area contributed by atoms with Crippen molar-refractivity contribution in [1.29, 1.82) is 0 Å². The Hall–Kier alpha value is -1.32. The highest BCUT2D eigenvalue weighted by Crippen LogP contribution is 2.27.